The normalized spacial score (nSPS) is 12.1. The van der Waals surface area contributed by atoms with Gasteiger partial charge in [0.05, 0.1) is 24.2 Å². The van der Waals surface area contributed by atoms with Crippen LogP contribution in [0.25, 0.3) is 0 Å². The van der Waals surface area contributed by atoms with Crippen molar-refractivity contribution in [3.63, 3.8) is 0 Å². The zero-order valence-electron chi connectivity index (χ0n) is 19.0. The molecule has 2 N–H and O–H groups in total. The van der Waals surface area contributed by atoms with Crippen LogP contribution in [0.3, 0.4) is 0 Å². The van der Waals surface area contributed by atoms with E-state index < -0.39 is 28.5 Å². The van der Waals surface area contributed by atoms with Gasteiger partial charge in [0.15, 0.2) is 0 Å². The van der Waals surface area contributed by atoms with Gasteiger partial charge in [-0.15, -0.1) is 0 Å². The van der Waals surface area contributed by atoms with Crippen molar-refractivity contribution in [2.45, 2.75) is 43.8 Å². The van der Waals surface area contributed by atoms with Crippen molar-refractivity contribution < 1.29 is 22.4 Å². The van der Waals surface area contributed by atoms with Crippen LogP contribution in [0.2, 0.25) is 0 Å². The highest BCUT2D eigenvalue weighted by Gasteiger charge is 2.30. The van der Waals surface area contributed by atoms with Crippen LogP contribution >= 0.6 is 0 Å². The van der Waals surface area contributed by atoms with Gasteiger partial charge in [0.2, 0.25) is 21.8 Å². The van der Waals surface area contributed by atoms with Gasteiger partial charge in [-0.05, 0) is 36.2 Å². The van der Waals surface area contributed by atoms with Crippen LogP contribution in [0.4, 0.5) is 0 Å². The maximum atomic E-state index is 13.3. The molecule has 1 atom stereocenters. The maximum Gasteiger partial charge on any atom is 0.243 e. The first kappa shape index (κ1) is 25.2. The summed E-state index contributed by atoms with van der Waals surface area (Å²) in [6, 6.07) is 19.8. The van der Waals surface area contributed by atoms with E-state index in [0.29, 0.717) is 18.6 Å². The average molecular weight is 484 g/mol. The van der Waals surface area contributed by atoms with Gasteiger partial charge in [0.1, 0.15) is 11.8 Å². The summed E-state index contributed by atoms with van der Waals surface area (Å²) in [5.41, 5.74) is 0.835. The van der Waals surface area contributed by atoms with Gasteiger partial charge in [-0.1, -0.05) is 61.9 Å². The number of benzene rings is 2. The number of amides is 2. The molecular weight excluding hydrogens is 454 g/mol. The van der Waals surface area contributed by atoms with E-state index in [9.17, 15) is 18.0 Å². The van der Waals surface area contributed by atoms with Crippen molar-refractivity contribution in [2.75, 3.05) is 6.54 Å². The summed E-state index contributed by atoms with van der Waals surface area (Å²) in [5.74, 6) is -0.219. The van der Waals surface area contributed by atoms with Gasteiger partial charge >= 0.3 is 0 Å². The molecular formula is C25H29N3O5S. The fourth-order valence-corrected chi connectivity index (χ4v) is 4.50. The molecule has 1 aromatic heterocycles. The second-order valence-electron chi connectivity index (χ2n) is 7.75. The zero-order valence-corrected chi connectivity index (χ0v) is 19.8. The number of hydrogen-bond acceptors (Lipinski definition) is 5. The van der Waals surface area contributed by atoms with E-state index >= 15 is 0 Å². The molecule has 0 saturated carbocycles. The molecule has 0 bridgehead atoms. The smallest absolute Gasteiger partial charge is 0.243 e. The lowest BCUT2D eigenvalue weighted by Gasteiger charge is -2.31. The molecule has 9 heteroatoms. The van der Waals surface area contributed by atoms with Gasteiger partial charge < -0.3 is 14.6 Å². The molecule has 0 saturated heterocycles. The third kappa shape index (κ3) is 7.03. The van der Waals surface area contributed by atoms with Crippen molar-refractivity contribution in [1.29, 1.82) is 0 Å². The minimum atomic E-state index is -3.87. The van der Waals surface area contributed by atoms with Gasteiger partial charge in [0, 0.05) is 6.54 Å². The average Bonchev–Trinajstić information content (AvgIpc) is 3.38. The summed E-state index contributed by atoms with van der Waals surface area (Å²) < 4.78 is 32.9. The second-order valence-corrected chi connectivity index (χ2v) is 9.51. The lowest BCUT2D eigenvalue weighted by Crippen LogP contribution is -2.51. The molecule has 34 heavy (non-hydrogen) atoms. The van der Waals surface area contributed by atoms with Crippen LogP contribution in [0.5, 0.6) is 0 Å². The molecule has 0 aliphatic heterocycles. The predicted octanol–water partition coefficient (Wildman–Crippen LogP) is 3.07. The minimum Gasteiger partial charge on any atom is -0.467 e. The molecule has 3 rings (SSSR count). The van der Waals surface area contributed by atoms with Crippen molar-refractivity contribution >= 4 is 21.8 Å². The lowest BCUT2D eigenvalue weighted by atomic mass is 10.1. The highest BCUT2D eigenvalue weighted by atomic mass is 32.2. The molecule has 8 nitrogen and oxygen atoms in total. The number of sulfonamides is 1. The third-order valence-corrected chi connectivity index (χ3v) is 6.66. The SMILES string of the molecule is CCCC(C(=O)NCc1ccco1)N(Cc1ccccc1)C(=O)CNS(=O)(=O)c1ccccc1. The highest BCUT2D eigenvalue weighted by Crippen LogP contribution is 2.15. The fourth-order valence-electron chi connectivity index (χ4n) is 3.50. The Morgan fingerprint density at radius 2 is 1.65 bits per heavy atom. The van der Waals surface area contributed by atoms with Crippen molar-refractivity contribution in [2.24, 2.45) is 0 Å². The van der Waals surface area contributed by atoms with Crippen molar-refractivity contribution in [3.05, 3.63) is 90.4 Å². The Morgan fingerprint density at radius 1 is 0.971 bits per heavy atom. The Hall–Kier alpha value is -3.43. The standard InChI is InChI=1S/C25H29N3O5S/c1-2-10-23(25(30)26-17-21-13-9-16-33-21)28(19-20-11-5-3-6-12-20)24(29)18-27-34(31,32)22-14-7-4-8-15-22/h3-9,11-16,23,27H,2,10,17-19H2,1H3,(H,26,30). The molecule has 2 amide bonds. The van der Waals surface area contributed by atoms with Gasteiger partial charge in [0.25, 0.3) is 0 Å². The first-order chi connectivity index (χ1) is 16.4. The number of furan rings is 1. The molecule has 3 aromatic rings. The summed E-state index contributed by atoms with van der Waals surface area (Å²) in [7, 11) is -3.87. The van der Waals surface area contributed by atoms with Crippen LogP contribution < -0.4 is 10.0 Å². The summed E-state index contributed by atoms with van der Waals surface area (Å²) in [4.78, 5) is 27.9. The van der Waals surface area contributed by atoms with Crippen molar-refractivity contribution in [3.8, 4) is 0 Å². The monoisotopic (exact) mass is 483 g/mol. The van der Waals surface area contributed by atoms with Crippen LogP contribution in [0.15, 0.2) is 88.4 Å². The number of carbonyl (C=O) groups excluding carboxylic acids is 2. The summed E-state index contributed by atoms with van der Waals surface area (Å²) >= 11 is 0. The largest absolute Gasteiger partial charge is 0.467 e. The molecule has 0 spiro atoms. The summed E-state index contributed by atoms with van der Waals surface area (Å²) in [6.07, 6.45) is 2.61. The zero-order chi connectivity index (χ0) is 24.4. The van der Waals surface area contributed by atoms with Gasteiger partial charge in [-0.3, -0.25) is 9.59 Å². The summed E-state index contributed by atoms with van der Waals surface area (Å²) in [5, 5.41) is 2.82. The van der Waals surface area contributed by atoms with Crippen LogP contribution in [0.1, 0.15) is 31.1 Å². The number of hydrogen-bond donors (Lipinski definition) is 2. The minimum absolute atomic E-state index is 0.0682. The van der Waals surface area contributed by atoms with E-state index in [1.165, 1.54) is 23.3 Å². The van der Waals surface area contributed by atoms with E-state index in [0.717, 1.165) is 5.56 Å². The highest BCUT2D eigenvalue weighted by molar-refractivity contribution is 7.89. The van der Waals surface area contributed by atoms with Crippen molar-refractivity contribution in [1.82, 2.24) is 14.9 Å². The molecule has 0 aliphatic rings. The molecule has 0 aliphatic carbocycles. The Morgan fingerprint density at radius 3 is 2.26 bits per heavy atom. The third-order valence-electron chi connectivity index (χ3n) is 5.24. The van der Waals surface area contributed by atoms with Crippen LogP contribution in [-0.2, 0) is 32.7 Å². The number of nitrogens with one attached hydrogen (secondary N) is 2. The van der Waals surface area contributed by atoms with Gasteiger partial charge in [-0.25, -0.2) is 13.1 Å². The first-order valence-electron chi connectivity index (χ1n) is 11.1. The van der Waals surface area contributed by atoms with E-state index in [1.54, 1.807) is 30.3 Å². The van der Waals surface area contributed by atoms with E-state index in [-0.39, 0.29) is 23.9 Å². The Kier molecular flexibility index (Phi) is 9.00. The quantitative estimate of drug-likeness (QED) is 0.412. The van der Waals surface area contributed by atoms with E-state index in [2.05, 4.69) is 10.0 Å². The predicted molar refractivity (Wildman–Crippen MR) is 128 cm³/mol. The Balaban J connectivity index is 1.78. The Bertz CT molecular complexity index is 1150. The maximum absolute atomic E-state index is 13.3. The molecule has 0 fully saturated rings. The molecule has 0 radical (unpaired) electrons. The van der Waals surface area contributed by atoms with Gasteiger partial charge in [-0.2, -0.15) is 0 Å². The molecule has 1 unspecified atom stereocenters. The van der Waals surface area contributed by atoms with Crippen LogP contribution in [-0.4, -0.2) is 37.7 Å². The van der Waals surface area contributed by atoms with E-state index in [4.69, 9.17) is 4.42 Å². The molecule has 2 aromatic carbocycles. The topological polar surface area (TPSA) is 109 Å². The number of nitrogens with zero attached hydrogens (tertiary/aromatic N) is 1. The lowest BCUT2D eigenvalue weighted by molar-refractivity contribution is -0.140. The fraction of sp³-hybridized carbons (Fsp3) is 0.280. The summed E-state index contributed by atoms with van der Waals surface area (Å²) in [6.45, 7) is 1.83. The van der Waals surface area contributed by atoms with Crippen LogP contribution in [0, 0.1) is 0 Å². The second kappa shape index (κ2) is 12.2. The molecule has 180 valence electrons. The molecule has 1 heterocycles. The number of carbonyl (C=O) groups is 2. The first-order valence-corrected chi connectivity index (χ1v) is 12.6. The van der Waals surface area contributed by atoms with E-state index in [1.807, 2.05) is 37.3 Å². The number of rotatable bonds is 12. The Labute approximate surface area is 200 Å².